The highest BCUT2D eigenvalue weighted by atomic mass is 32.2. The van der Waals surface area contributed by atoms with E-state index in [1.54, 1.807) is 12.1 Å². The SMILES string of the molecule is C=C(/C=C\C=C/C)c1ccc(S(=O)(=O)N2CCC(CNC(=O)OC(C)(C)C)CC2)s1. The van der Waals surface area contributed by atoms with Gasteiger partial charge in [-0.25, -0.2) is 13.2 Å². The fourth-order valence-electron chi connectivity index (χ4n) is 3.02. The zero-order valence-corrected chi connectivity index (χ0v) is 19.8. The third kappa shape index (κ3) is 7.11. The van der Waals surface area contributed by atoms with Crippen LogP contribution in [-0.2, 0) is 14.8 Å². The van der Waals surface area contributed by atoms with Crippen molar-refractivity contribution in [1.82, 2.24) is 9.62 Å². The van der Waals surface area contributed by atoms with Crippen molar-refractivity contribution in [2.24, 2.45) is 5.92 Å². The van der Waals surface area contributed by atoms with Crippen LogP contribution in [0.4, 0.5) is 4.79 Å². The van der Waals surface area contributed by atoms with Gasteiger partial charge in [0.1, 0.15) is 9.81 Å². The first-order valence-electron chi connectivity index (χ1n) is 10.1. The number of carbonyl (C=O) groups excluding carboxylic acids is 1. The van der Waals surface area contributed by atoms with Gasteiger partial charge in [-0.05, 0) is 64.2 Å². The number of nitrogens with one attached hydrogen (secondary N) is 1. The molecule has 0 aromatic carbocycles. The summed E-state index contributed by atoms with van der Waals surface area (Å²) in [4.78, 5) is 12.6. The summed E-state index contributed by atoms with van der Waals surface area (Å²) in [7, 11) is -3.52. The normalized spacial score (nSPS) is 16.9. The molecule has 0 spiro atoms. The highest BCUT2D eigenvalue weighted by Gasteiger charge is 2.31. The van der Waals surface area contributed by atoms with E-state index < -0.39 is 21.7 Å². The molecule has 1 saturated heterocycles. The van der Waals surface area contributed by atoms with Crippen molar-refractivity contribution >= 4 is 33.0 Å². The summed E-state index contributed by atoms with van der Waals surface area (Å²) in [5.74, 6) is 0.236. The second kappa shape index (κ2) is 10.4. The predicted octanol–water partition coefficient (Wildman–Crippen LogP) is 4.82. The van der Waals surface area contributed by atoms with Crippen LogP contribution in [0.5, 0.6) is 0 Å². The van der Waals surface area contributed by atoms with Gasteiger partial charge in [0.05, 0.1) is 0 Å². The van der Waals surface area contributed by atoms with Crippen LogP contribution < -0.4 is 5.32 Å². The molecule has 2 heterocycles. The number of hydrogen-bond acceptors (Lipinski definition) is 5. The second-order valence-corrected chi connectivity index (χ2v) is 11.5. The Morgan fingerprint density at radius 2 is 1.97 bits per heavy atom. The van der Waals surface area contributed by atoms with Crippen molar-refractivity contribution in [2.45, 2.75) is 50.3 Å². The van der Waals surface area contributed by atoms with Gasteiger partial charge in [0.15, 0.2) is 0 Å². The van der Waals surface area contributed by atoms with Crippen molar-refractivity contribution < 1.29 is 17.9 Å². The Morgan fingerprint density at radius 3 is 2.57 bits per heavy atom. The van der Waals surface area contributed by atoms with E-state index >= 15 is 0 Å². The number of thiophene rings is 1. The lowest BCUT2D eigenvalue weighted by molar-refractivity contribution is 0.0513. The summed E-state index contributed by atoms with van der Waals surface area (Å²) < 4.78 is 33.1. The number of alkyl carbamates (subject to hydrolysis) is 1. The average Bonchev–Trinajstić information content (AvgIpc) is 3.17. The summed E-state index contributed by atoms with van der Waals surface area (Å²) in [5.41, 5.74) is 0.251. The zero-order chi connectivity index (χ0) is 22.4. The Balaban J connectivity index is 1.90. The highest BCUT2D eigenvalue weighted by Crippen LogP contribution is 2.31. The molecule has 1 N–H and O–H groups in total. The minimum Gasteiger partial charge on any atom is -0.444 e. The lowest BCUT2D eigenvalue weighted by Crippen LogP contribution is -2.42. The number of ether oxygens (including phenoxy) is 1. The van der Waals surface area contributed by atoms with Gasteiger partial charge in [-0.15, -0.1) is 11.3 Å². The van der Waals surface area contributed by atoms with E-state index in [4.69, 9.17) is 4.74 Å². The summed E-state index contributed by atoms with van der Waals surface area (Å²) >= 11 is 1.24. The molecule has 0 bridgehead atoms. The fourth-order valence-corrected chi connectivity index (χ4v) is 5.90. The molecule has 0 atom stereocenters. The molecule has 0 aliphatic carbocycles. The maximum atomic E-state index is 13.0. The molecule has 30 heavy (non-hydrogen) atoms. The largest absolute Gasteiger partial charge is 0.444 e. The maximum absolute atomic E-state index is 13.0. The van der Waals surface area contributed by atoms with E-state index in [2.05, 4.69) is 11.9 Å². The van der Waals surface area contributed by atoms with Crippen LogP contribution in [0.2, 0.25) is 0 Å². The molecule has 1 aliphatic heterocycles. The lowest BCUT2D eigenvalue weighted by atomic mass is 9.98. The van der Waals surface area contributed by atoms with Gasteiger partial charge in [0.2, 0.25) is 0 Å². The van der Waals surface area contributed by atoms with Gasteiger partial charge >= 0.3 is 6.09 Å². The molecule has 166 valence electrons. The predicted molar refractivity (Wildman–Crippen MR) is 123 cm³/mol. The van der Waals surface area contributed by atoms with Crippen molar-refractivity contribution in [3.8, 4) is 0 Å². The Hall–Kier alpha value is -1.90. The van der Waals surface area contributed by atoms with Crippen LogP contribution in [0, 0.1) is 5.92 Å². The molecule has 6 nitrogen and oxygen atoms in total. The Labute approximate surface area is 184 Å². The number of sulfonamides is 1. The molecule has 2 rings (SSSR count). The summed E-state index contributed by atoms with van der Waals surface area (Å²) in [6, 6.07) is 3.46. The van der Waals surface area contributed by atoms with Crippen molar-refractivity contribution in [3.05, 3.63) is 47.9 Å². The zero-order valence-electron chi connectivity index (χ0n) is 18.2. The minimum absolute atomic E-state index is 0.236. The standard InChI is InChI=1S/C22H32N2O4S2/c1-6-7-8-9-17(2)19-10-11-20(29-19)30(26,27)24-14-12-18(13-15-24)16-23-21(25)28-22(3,4)5/h6-11,18H,2,12-16H2,1,3-5H3,(H,23,25)/b7-6-,9-8-. The van der Waals surface area contributed by atoms with Gasteiger partial charge in [-0.3, -0.25) is 0 Å². The molecular formula is C22H32N2O4S2. The van der Waals surface area contributed by atoms with Gasteiger partial charge in [-0.1, -0.05) is 30.9 Å². The molecule has 1 amide bonds. The molecule has 0 unspecified atom stereocenters. The molecule has 0 radical (unpaired) electrons. The van der Waals surface area contributed by atoms with Gasteiger partial charge < -0.3 is 10.1 Å². The van der Waals surface area contributed by atoms with Crippen LogP contribution in [0.25, 0.3) is 5.57 Å². The molecule has 1 aromatic heterocycles. The lowest BCUT2D eigenvalue weighted by Gasteiger charge is -2.31. The van der Waals surface area contributed by atoms with E-state index in [1.807, 2.05) is 52.0 Å². The number of rotatable bonds is 7. The van der Waals surface area contributed by atoms with E-state index in [9.17, 15) is 13.2 Å². The van der Waals surface area contributed by atoms with Crippen LogP contribution in [-0.4, -0.2) is 44.1 Å². The first-order chi connectivity index (χ1) is 14.0. The highest BCUT2D eigenvalue weighted by molar-refractivity contribution is 7.91. The summed E-state index contributed by atoms with van der Waals surface area (Å²) in [5, 5.41) is 2.78. The summed E-state index contributed by atoms with van der Waals surface area (Å²) in [6.07, 6.45) is 8.53. The van der Waals surface area contributed by atoms with Gasteiger partial charge in [0.25, 0.3) is 10.0 Å². The van der Waals surface area contributed by atoms with Crippen LogP contribution >= 0.6 is 11.3 Å². The van der Waals surface area contributed by atoms with Gasteiger partial charge in [0, 0.05) is 24.5 Å². The molecule has 1 aromatic rings. The number of hydrogen-bond donors (Lipinski definition) is 1. The van der Waals surface area contributed by atoms with E-state index in [1.165, 1.54) is 15.6 Å². The molecular weight excluding hydrogens is 420 g/mol. The van der Waals surface area contributed by atoms with Crippen molar-refractivity contribution in [3.63, 3.8) is 0 Å². The molecule has 8 heteroatoms. The fraction of sp³-hybridized carbons (Fsp3) is 0.500. The number of carbonyl (C=O) groups is 1. The molecule has 1 fully saturated rings. The third-order valence-electron chi connectivity index (χ3n) is 4.60. The van der Waals surface area contributed by atoms with E-state index in [-0.39, 0.29) is 5.92 Å². The number of allylic oxidation sites excluding steroid dienone is 5. The smallest absolute Gasteiger partial charge is 0.407 e. The van der Waals surface area contributed by atoms with Crippen molar-refractivity contribution in [1.29, 1.82) is 0 Å². The quantitative estimate of drug-likeness (QED) is 0.602. The number of nitrogens with zero attached hydrogens (tertiary/aromatic N) is 1. The number of amides is 1. The number of piperidine rings is 1. The van der Waals surface area contributed by atoms with Gasteiger partial charge in [-0.2, -0.15) is 4.31 Å². The summed E-state index contributed by atoms with van der Waals surface area (Å²) in [6.45, 7) is 12.8. The first kappa shape index (κ1) is 24.4. The van der Waals surface area contributed by atoms with Crippen LogP contribution in [0.15, 0.2) is 47.2 Å². The minimum atomic E-state index is -3.52. The maximum Gasteiger partial charge on any atom is 0.407 e. The first-order valence-corrected chi connectivity index (χ1v) is 12.3. The van der Waals surface area contributed by atoms with E-state index in [0.717, 1.165) is 10.5 Å². The second-order valence-electron chi connectivity index (χ2n) is 8.26. The van der Waals surface area contributed by atoms with Crippen LogP contribution in [0.1, 0.15) is 45.4 Å². The third-order valence-corrected chi connectivity index (χ3v) is 8.13. The van der Waals surface area contributed by atoms with Crippen LogP contribution in [0.3, 0.4) is 0 Å². The molecule has 0 saturated carbocycles. The van der Waals surface area contributed by atoms with Crippen molar-refractivity contribution in [2.75, 3.05) is 19.6 Å². The average molecular weight is 453 g/mol. The Morgan fingerprint density at radius 1 is 1.30 bits per heavy atom. The Bertz CT molecular complexity index is 900. The van der Waals surface area contributed by atoms with E-state index in [0.29, 0.717) is 36.7 Å². The Kier molecular flexibility index (Phi) is 8.46. The topological polar surface area (TPSA) is 75.7 Å². The molecule has 1 aliphatic rings. The monoisotopic (exact) mass is 452 g/mol.